The first-order valence-electron chi connectivity index (χ1n) is 10.1. The largest absolute Gasteiger partial charge is 0.312 e. The van der Waals surface area contributed by atoms with Crippen LogP contribution < -0.4 is 0 Å². The molecule has 0 saturated heterocycles. The molecule has 30 heavy (non-hydrogen) atoms. The summed E-state index contributed by atoms with van der Waals surface area (Å²) in [5.74, 6) is 2.38. The van der Waals surface area contributed by atoms with E-state index >= 15 is 0 Å². The van der Waals surface area contributed by atoms with Crippen LogP contribution in [0.5, 0.6) is 0 Å². The van der Waals surface area contributed by atoms with E-state index in [0.717, 1.165) is 9.87 Å². The molecule has 0 amide bonds. The molecule has 0 bridgehead atoms. The van der Waals surface area contributed by atoms with Crippen LogP contribution in [0.3, 0.4) is 0 Å². The Morgan fingerprint density at radius 3 is 1.87 bits per heavy atom. The molecule has 0 spiro atoms. The van der Waals surface area contributed by atoms with Gasteiger partial charge in [-0.15, -0.1) is 6.42 Å². The molecule has 0 fully saturated rings. The first-order valence-corrected chi connectivity index (χ1v) is 13.8. The average molecular weight is 454 g/mol. The van der Waals surface area contributed by atoms with Gasteiger partial charge in [0.15, 0.2) is 0 Å². The third kappa shape index (κ3) is 5.50. The van der Waals surface area contributed by atoms with Crippen molar-refractivity contribution in [3.63, 3.8) is 0 Å². The number of halogens is 2. The number of aryl methyl sites for hydroxylation is 1. The van der Waals surface area contributed by atoms with Gasteiger partial charge in [-0.1, -0.05) is 70.9 Å². The summed E-state index contributed by atoms with van der Waals surface area (Å²) < 4.78 is 54.7. The Labute approximate surface area is 181 Å². The molecule has 166 valence electrons. The zero-order valence-corrected chi connectivity index (χ0v) is 20.8. The van der Waals surface area contributed by atoms with Crippen molar-refractivity contribution in [3.8, 4) is 12.3 Å². The number of hydrogen-bond acceptors (Lipinski definition) is 2. The summed E-state index contributed by atoms with van der Waals surface area (Å²) in [6, 6.07) is 6.44. The number of sulfonamides is 1. The molecule has 0 aliphatic carbocycles. The van der Waals surface area contributed by atoms with Crippen LogP contribution in [0.25, 0.3) is 0 Å². The van der Waals surface area contributed by atoms with Gasteiger partial charge in [-0.05, 0) is 40.9 Å². The average Bonchev–Trinajstić information content (AvgIpc) is 2.60. The molecule has 7 heteroatoms. The van der Waals surface area contributed by atoms with Crippen LogP contribution >= 0.6 is 0 Å². The minimum atomic E-state index is -3.95. The van der Waals surface area contributed by atoms with E-state index in [2.05, 4.69) is 11.7 Å². The van der Waals surface area contributed by atoms with E-state index in [1.165, 1.54) is 12.1 Å². The Balaban J connectivity index is 3.69. The van der Waals surface area contributed by atoms with E-state index in [4.69, 9.17) is 6.42 Å². The molecule has 0 radical (unpaired) electrons. The number of hydrogen-bond donors (Lipinski definition) is 0. The fourth-order valence-electron chi connectivity index (χ4n) is 4.81. The van der Waals surface area contributed by atoms with Gasteiger partial charge < -0.3 is 0 Å². The monoisotopic (exact) mass is 453 g/mol. The summed E-state index contributed by atoms with van der Waals surface area (Å²) in [5.41, 5.74) is 3.55. The van der Waals surface area contributed by atoms with Crippen molar-refractivity contribution < 1.29 is 17.2 Å². The van der Waals surface area contributed by atoms with Crippen molar-refractivity contribution in [2.75, 3.05) is 13.1 Å². The van der Waals surface area contributed by atoms with Crippen molar-refractivity contribution in [2.45, 2.75) is 70.0 Å². The first kappa shape index (κ1) is 26.3. The second-order valence-electron chi connectivity index (χ2n) is 8.55. The molecule has 0 atom stereocenters. The van der Waals surface area contributed by atoms with Crippen LogP contribution in [-0.2, 0) is 10.0 Å². The van der Waals surface area contributed by atoms with Crippen molar-refractivity contribution in [3.05, 3.63) is 46.8 Å². The Hall–Kier alpha value is -1.71. The van der Waals surface area contributed by atoms with Crippen molar-refractivity contribution in [2.24, 2.45) is 0 Å². The smallest absolute Gasteiger partial charge is 0.207 e. The Morgan fingerprint density at radius 2 is 1.50 bits per heavy atom. The fourth-order valence-corrected chi connectivity index (χ4v) is 13.1. The highest BCUT2D eigenvalue weighted by molar-refractivity contribution is 7.89. The van der Waals surface area contributed by atoms with Gasteiger partial charge in [-0.25, -0.2) is 8.42 Å². The van der Waals surface area contributed by atoms with E-state index in [-0.39, 0.29) is 34.6 Å². The van der Waals surface area contributed by atoms with E-state index in [1.54, 1.807) is 12.1 Å². The van der Waals surface area contributed by atoms with Crippen LogP contribution in [0.1, 0.15) is 47.1 Å². The van der Waals surface area contributed by atoms with Gasteiger partial charge in [-0.3, -0.25) is 0 Å². The number of nitrogens with zero attached hydrogens (tertiary/aromatic N) is 1. The van der Waals surface area contributed by atoms with E-state index in [9.17, 15) is 17.2 Å². The molecule has 0 N–H and O–H groups in total. The second kappa shape index (κ2) is 10.5. The Kier molecular flexibility index (Phi) is 9.25. The van der Waals surface area contributed by atoms with E-state index in [0.29, 0.717) is 5.20 Å². The predicted octanol–water partition coefficient (Wildman–Crippen LogP) is 6.14. The van der Waals surface area contributed by atoms with Gasteiger partial charge in [0, 0.05) is 6.54 Å². The van der Waals surface area contributed by atoms with Crippen molar-refractivity contribution in [1.29, 1.82) is 0 Å². The summed E-state index contributed by atoms with van der Waals surface area (Å²) in [5, 5.41) is 0.397. The molecule has 0 saturated carbocycles. The molecular formula is C23H33F2NO2SSi. The van der Waals surface area contributed by atoms with Crippen LogP contribution in [0, 0.1) is 19.3 Å². The van der Waals surface area contributed by atoms with E-state index in [1.807, 2.05) is 48.5 Å². The highest BCUT2D eigenvalue weighted by Crippen LogP contribution is 2.46. The molecule has 0 heterocycles. The van der Waals surface area contributed by atoms with Crippen LogP contribution in [-0.4, -0.2) is 33.9 Å². The maximum atomic E-state index is 13.5. The van der Waals surface area contributed by atoms with Gasteiger partial charge in [0.25, 0.3) is 0 Å². The lowest BCUT2D eigenvalue weighted by Gasteiger charge is -2.45. The molecule has 0 aromatic heterocycles. The number of rotatable bonds is 9. The quantitative estimate of drug-likeness (QED) is 0.256. The molecule has 1 aromatic rings. The summed E-state index contributed by atoms with van der Waals surface area (Å²) in [4.78, 5) is 0.0957. The molecule has 1 rings (SSSR count). The van der Waals surface area contributed by atoms with Crippen LogP contribution in [0.4, 0.5) is 8.78 Å². The minimum Gasteiger partial charge on any atom is -0.207 e. The van der Waals surface area contributed by atoms with Crippen LogP contribution in [0.15, 0.2) is 46.2 Å². The zero-order chi connectivity index (χ0) is 23.3. The normalized spacial score (nSPS) is 12.4. The van der Waals surface area contributed by atoms with Gasteiger partial charge >= 0.3 is 6.08 Å². The molecule has 3 nitrogen and oxygen atoms in total. The van der Waals surface area contributed by atoms with Gasteiger partial charge in [0.05, 0.1) is 11.4 Å². The summed E-state index contributed by atoms with van der Waals surface area (Å²) in [6.45, 7) is 13.7. The predicted molar refractivity (Wildman–Crippen MR) is 123 cm³/mol. The Bertz CT molecular complexity index is 913. The lowest BCUT2D eigenvalue weighted by atomic mass is 10.2. The molecule has 1 aromatic carbocycles. The third-order valence-corrected chi connectivity index (χ3v) is 14.8. The molecular weight excluding hydrogens is 420 g/mol. The highest BCUT2D eigenvalue weighted by atomic mass is 32.2. The number of benzene rings is 1. The van der Waals surface area contributed by atoms with Gasteiger partial charge in [0.2, 0.25) is 10.0 Å². The zero-order valence-electron chi connectivity index (χ0n) is 19.0. The Morgan fingerprint density at radius 1 is 1.03 bits per heavy atom. The standard InChI is InChI=1S/C23H33F2NO2SSi/c1-9-14-26(29(27,28)21-12-10-20(8)11-13-21)16-22(15-23(24)25)30(17(2)3,18(4)5)19(6)7/h1,10-13,17-19H,14,16H2,2-8H3. The van der Waals surface area contributed by atoms with Crippen molar-refractivity contribution >= 4 is 18.1 Å². The minimum absolute atomic E-state index is 0.0957. The van der Waals surface area contributed by atoms with Crippen molar-refractivity contribution in [1.82, 2.24) is 4.31 Å². The first-order chi connectivity index (χ1) is 13.8. The highest BCUT2D eigenvalue weighted by Gasteiger charge is 2.47. The summed E-state index contributed by atoms with van der Waals surface area (Å²) in [7, 11) is -6.52. The maximum absolute atomic E-state index is 13.5. The topological polar surface area (TPSA) is 37.4 Å². The SMILES string of the molecule is C#CCN(CC(=C=C(F)F)[Si](C(C)C)(C(C)C)C(C)C)S(=O)(=O)c1ccc(C)cc1. The summed E-state index contributed by atoms with van der Waals surface area (Å²) in [6.07, 6.45) is 3.53. The third-order valence-electron chi connectivity index (χ3n) is 5.89. The molecule has 0 unspecified atom stereocenters. The summed E-state index contributed by atoms with van der Waals surface area (Å²) >= 11 is 0. The molecule has 0 aliphatic heterocycles. The van der Waals surface area contributed by atoms with Gasteiger partial charge in [-0.2, -0.15) is 13.1 Å². The van der Waals surface area contributed by atoms with Gasteiger partial charge in [0.1, 0.15) is 8.07 Å². The second-order valence-corrected chi connectivity index (χ2v) is 16.4. The maximum Gasteiger partial charge on any atom is 0.312 e. The molecule has 0 aliphatic rings. The van der Waals surface area contributed by atoms with Crippen LogP contribution in [0.2, 0.25) is 16.6 Å². The number of terminal acetylenes is 1. The lowest BCUT2D eigenvalue weighted by molar-refractivity contribution is 0.422. The van der Waals surface area contributed by atoms with E-state index < -0.39 is 24.2 Å². The lowest BCUT2D eigenvalue weighted by Crippen LogP contribution is -2.50. The fraction of sp³-hybridized carbons (Fsp3) is 0.522.